The first kappa shape index (κ1) is 16.0. The highest BCUT2D eigenvalue weighted by Crippen LogP contribution is 2.20. The summed E-state index contributed by atoms with van der Waals surface area (Å²) < 4.78 is 1.52. The maximum absolute atomic E-state index is 12.6. The highest BCUT2D eigenvalue weighted by atomic mass is 16.1. The zero-order valence-electron chi connectivity index (χ0n) is 14.2. The first-order chi connectivity index (χ1) is 12.7. The number of carbonyl (C=O) groups excluding carboxylic acids is 1. The summed E-state index contributed by atoms with van der Waals surface area (Å²) >= 11 is 0. The molecule has 0 spiro atoms. The number of rotatable bonds is 4. The molecule has 0 aliphatic carbocycles. The number of pyridine rings is 1. The van der Waals surface area contributed by atoms with Crippen LogP contribution in [0.25, 0.3) is 16.6 Å². The smallest absolute Gasteiger partial charge is 0.251 e. The lowest BCUT2D eigenvalue weighted by atomic mass is 10.0. The molecule has 4 aromatic rings. The van der Waals surface area contributed by atoms with E-state index in [0.29, 0.717) is 11.4 Å². The molecule has 0 fully saturated rings. The van der Waals surface area contributed by atoms with Gasteiger partial charge in [-0.25, -0.2) is 14.6 Å². The van der Waals surface area contributed by atoms with Crippen molar-refractivity contribution >= 4 is 16.7 Å². The number of nitrogens with zero attached hydrogens (tertiary/aromatic N) is 4. The number of nitrogens with one attached hydrogen (secondary N) is 1. The van der Waals surface area contributed by atoms with Gasteiger partial charge in [0.15, 0.2) is 5.82 Å². The minimum Gasteiger partial charge on any atom is -0.346 e. The van der Waals surface area contributed by atoms with Crippen LogP contribution < -0.4 is 5.32 Å². The molecular formula is C20H17N5O. The second-order valence-electron chi connectivity index (χ2n) is 6.04. The summed E-state index contributed by atoms with van der Waals surface area (Å²) in [7, 11) is 0. The van der Waals surface area contributed by atoms with Crippen LogP contribution in [-0.4, -0.2) is 25.7 Å². The van der Waals surface area contributed by atoms with Crippen molar-refractivity contribution in [3.63, 3.8) is 0 Å². The number of benzene rings is 2. The standard InChI is InChI=1S/C20H17N5O/c1-14(16-7-6-15-4-2-3-5-17(15)10-16)24-20(26)18-8-9-22-19(11-18)25-13-21-12-23-25/h2-14H,1H3,(H,24,26). The summed E-state index contributed by atoms with van der Waals surface area (Å²) in [5, 5.41) is 9.41. The Labute approximate surface area is 150 Å². The van der Waals surface area contributed by atoms with E-state index in [4.69, 9.17) is 0 Å². The summed E-state index contributed by atoms with van der Waals surface area (Å²) in [6.07, 6.45) is 4.56. The topological polar surface area (TPSA) is 72.7 Å². The van der Waals surface area contributed by atoms with Gasteiger partial charge in [-0.1, -0.05) is 36.4 Å². The van der Waals surface area contributed by atoms with Crippen LogP contribution >= 0.6 is 0 Å². The van der Waals surface area contributed by atoms with Crippen molar-refractivity contribution in [2.24, 2.45) is 0 Å². The van der Waals surface area contributed by atoms with Crippen LogP contribution in [0.3, 0.4) is 0 Å². The van der Waals surface area contributed by atoms with Gasteiger partial charge in [-0.2, -0.15) is 5.10 Å². The maximum Gasteiger partial charge on any atom is 0.251 e. The average Bonchev–Trinajstić information content (AvgIpc) is 3.22. The molecular weight excluding hydrogens is 326 g/mol. The van der Waals surface area contributed by atoms with Crippen LogP contribution in [0, 0.1) is 0 Å². The molecule has 0 saturated heterocycles. The van der Waals surface area contributed by atoms with E-state index >= 15 is 0 Å². The predicted molar refractivity (Wildman–Crippen MR) is 99.0 cm³/mol. The fraction of sp³-hybridized carbons (Fsp3) is 0.100. The first-order valence-electron chi connectivity index (χ1n) is 8.31. The van der Waals surface area contributed by atoms with Gasteiger partial charge < -0.3 is 5.32 Å². The van der Waals surface area contributed by atoms with Gasteiger partial charge >= 0.3 is 0 Å². The van der Waals surface area contributed by atoms with Gasteiger partial charge in [-0.15, -0.1) is 0 Å². The molecule has 6 nitrogen and oxygen atoms in total. The van der Waals surface area contributed by atoms with Crippen molar-refractivity contribution in [1.29, 1.82) is 0 Å². The fourth-order valence-electron chi connectivity index (χ4n) is 2.85. The maximum atomic E-state index is 12.6. The van der Waals surface area contributed by atoms with Gasteiger partial charge in [-0.05, 0) is 41.5 Å². The van der Waals surface area contributed by atoms with Crippen molar-refractivity contribution in [2.75, 3.05) is 0 Å². The Morgan fingerprint density at radius 1 is 1.08 bits per heavy atom. The lowest BCUT2D eigenvalue weighted by Gasteiger charge is -2.15. The SMILES string of the molecule is CC(NC(=O)c1ccnc(-n2cncn2)c1)c1ccc2ccccc2c1. The van der Waals surface area contributed by atoms with E-state index in [2.05, 4.69) is 44.6 Å². The van der Waals surface area contributed by atoms with Gasteiger partial charge in [0, 0.05) is 11.8 Å². The monoisotopic (exact) mass is 343 g/mol. The van der Waals surface area contributed by atoms with Crippen molar-refractivity contribution in [3.05, 3.63) is 84.6 Å². The molecule has 2 heterocycles. The molecule has 1 atom stereocenters. The Hall–Kier alpha value is -3.54. The molecule has 1 amide bonds. The quantitative estimate of drug-likeness (QED) is 0.617. The van der Waals surface area contributed by atoms with Crippen molar-refractivity contribution < 1.29 is 4.79 Å². The third-order valence-electron chi connectivity index (χ3n) is 4.28. The third-order valence-corrected chi connectivity index (χ3v) is 4.28. The van der Waals surface area contributed by atoms with Crippen LogP contribution in [-0.2, 0) is 0 Å². The molecule has 1 N–H and O–H groups in total. The summed E-state index contributed by atoms with van der Waals surface area (Å²) in [5.41, 5.74) is 1.58. The molecule has 128 valence electrons. The van der Waals surface area contributed by atoms with Crippen LogP contribution in [0.1, 0.15) is 28.9 Å². The minimum atomic E-state index is -0.158. The van der Waals surface area contributed by atoms with Gasteiger partial charge in [0.2, 0.25) is 0 Å². The first-order valence-corrected chi connectivity index (χ1v) is 8.31. The zero-order valence-corrected chi connectivity index (χ0v) is 14.2. The second kappa shape index (κ2) is 6.76. The summed E-state index contributed by atoms with van der Waals surface area (Å²) in [5.74, 6) is 0.392. The van der Waals surface area contributed by atoms with Gasteiger partial charge in [0.1, 0.15) is 12.7 Å². The molecule has 4 rings (SSSR count). The largest absolute Gasteiger partial charge is 0.346 e. The fourth-order valence-corrected chi connectivity index (χ4v) is 2.85. The van der Waals surface area contributed by atoms with E-state index in [9.17, 15) is 4.79 Å². The Morgan fingerprint density at radius 3 is 2.73 bits per heavy atom. The van der Waals surface area contributed by atoms with Crippen molar-refractivity contribution in [3.8, 4) is 5.82 Å². The molecule has 0 bridgehead atoms. The number of hydrogen-bond donors (Lipinski definition) is 1. The van der Waals surface area contributed by atoms with E-state index in [-0.39, 0.29) is 11.9 Å². The lowest BCUT2D eigenvalue weighted by Crippen LogP contribution is -2.26. The second-order valence-corrected chi connectivity index (χ2v) is 6.04. The highest BCUT2D eigenvalue weighted by molar-refractivity contribution is 5.94. The van der Waals surface area contributed by atoms with E-state index in [1.165, 1.54) is 16.4 Å². The number of aromatic nitrogens is 4. The van der Waals surface area contributed by atoms with Crippen LogP contribution in [0.4, 0.5) is 0 Å². The summed E-state index contributed by atoms with van der Waals surface area (Å²) in [6, 6.07) is 17.7. The van der Waals surface area contributed by atoms with Crippen LogP contribution in [0.5, 0.6) is 0 Å². The minimum absolute atomic E-state index is 0.116. The van der Waals surface area contributed by atoms with Gasteiger partial charge in [0.25, 0.3) is 5.91 Å². The summed E-state index contributed by atoms with van der Waals surface area (Å²) in [4.78, 5) is 20.7. The van der Waals surface area contributed by atoms with E-state index < -0.39 is 0 Å². The molecule has 0 aliphatic rings. The van der Waals surface area contributed by atoms with Crippen molar-refractivity contribution in [2.45, 2.75) is 13.0 Å². The molecule has 1 unspecified atom stereocenters. The Bertz CT molecular complexity index is 1060. The Balaban J connectivity index is 1.54. The van der Waals surface area contributed by atoms with Gasteiger partial charge in [0.05, 0.1) is 6.04 Å². The Kier molecular flexibility index (Phi) is 4.15. The normalized spacial score (nSPS) is 12.0. The van der Waals surface area contributed by atoms with Gasteiger partial charge in [-0.3, -0.25) is 4.79 Å². The molecule has 0 aliphatic heterocycles. The van der Waals surface area contributed by atoms with E-state index in [1.807, 2.05) is 25.1 Å². The molecule has 0 saturated carbocycles. The molecule has 26 heavy (non-hydrogen) atoms. The van der Waals surface area contributed by atoms with Crippen LogP contribution in [0.15, 0.2) is 73.4 Å². The number of carbonyl (C=O) groups is 1. The lowest BCUT2D eigenvalue weighted by molar-refractivity contribution is 0.0939. The van der Waals surface area contributed by atoms with Crippen molar-refractivity contribution in [1.82, 2.24) is 25.1 Å². The molecule has 6 heteroatoms. The van der Waals surface area contributed by atoms with E-state index in [0.717, 1.165) is 10.9 Å². The average molecular weight is 343 g/mol. The molecule has 0 radical (unpaired) electrons. The Morgan fingerprint density at radius 2 is 1.92 bits per heavy atom. The zero-order chi connectivity index (χ0) is 17.9. The predicted octanol–water partition coefficient (Wildman–Crippen LogP) is 3.31. The third kappa shape index (κ3) is 3.17. The number of hydrogen-bond acceptors (Lipinski definition) is 4. The number of fused-ring (bicyclic) bond motifs is 1. The van der Waals surface area contributed by atoms with Crippen LogP contribution in [0.2, 0.25) is 0 Å². The summed E-state index contributed by atoms with van der Waals surface area (Å²) in [6.45, 7) is 1.97. The molecule has 2 aromatic carbocycles. The number of amides is 1. The van der Waals surface area contributed by atoms with E-state index in [1.54, 1.807) is 24.7 Å². The highest BCUT2D eigenvalue weighted by Gasteiger charge is 2.13. The molecule has 2 aromatic heterocycles.